The average molecular weight is 286 g/mol. The molecule has 0 aromatic heterocycles. The lowest BCUT2D eigenvalue weighted by Crippen LogP contribution is -1.99. The lowest BCUT2D eigenvalue weighted by Gasteiger charge is -2.30. The second-order valence-corrected chi connectivity index (χ2v) is 9.04. The molecule has 2 aromatic rings. The molecule has 1 nitrogen and oxygen atoms in total. The molecular weight excluding hydrogens is 264 g/mol. The van der Waals surface area contributed by atoms with Crippen molar-refractivity contribution in [3.63, 3.8) is 0 Å². The Morgan fingerprint density at radius 3 is 2.30 bits per heavy atom. The van der Waals surface area contributed by atoms with Gasteiger partial charge in [-0.05, 0) is 29.2 Å². The Labute approximate surface area is 123 Å². The van der Waals surface area contributed by atoms with Gasteiger partial charge < -0.3 is 4.74 Å². The molecule has 0 bridgehead atoms. The summed E-state index contributed by atoms with van der Waals surface area (Å²) in [6.45, 7) is 0. The molecule has 2 aromatic carbocycles. The summed E-state index contributed by atoms with van der Waals surface area (Å²) in [6, 6.07) is 18.9. The molecule has 0 heterocycles. The van der Waals surface area contributed by atoms with Gasteiger partial charge in [0.1, 0.15) is 5.75 Å². The molecular formula is C18H22OS. The van der Waals surface area contributed by atoms with Crippen LogP contribution in [0, 0.1) is 0 Å². The van der Waals surface area contributed by atoms with Crippen molar-refractivity contribution < 1.29 is 4.74 Å². The smallest absolute Gasteiger partial charge is 0.126 e. The third kappa shape index (κ3) is 3.67. The maximum absolute atomic E-state index is 5.37. The molecule has 0 saturated heterocycles. The maximum atomic E-state index is 5.37. The highest BCUT2D eigenvalue weighted by molar-refractivity contribution is 8.32. The van der Waals surface area contributed by atoms with Crippen LogP contribution in [0.5, 0.6) is 5.75 Å². The van der Waals surface area contributed by atoms with Crippen molar-refractivity contribution in [2.75, 3.05) is 25.4 Å². The minimum absolute atomic E-state index is 0.778. The van der Waals surface area contributed by atoms with Gasteiger partial charge in [0, 0.05) is 5.56 Å². The summed E-state index contributed by atoms with van der Waals surface area (Å²) in [5.41, 5.74) is 1.14. The van der Waals surface area contributed by atoms with E-state index < -0.39 is 10.0 Å². The molecule has 0 unspecified atom stereocenters. The molecule has 0 N–H and O–H groups in total. The molecule has 0 aliphatic rings. The molecule has 0 saturated carbocycles. The topological polar surface area (TPSA) is 9.23 Å². The van der Waals surface area contributed by atoms with Gasteiger partial charge in [0.2, 0.25) is 0 Å². The standard InChI is InChI=1S/C18H22OS/c1-19-18-14-8-7-10-16(18)11-9-15-20(2,3)17-12-5-4-6-13-17/h4-14H,15H2,1-3H3/b11-9+. The van der Waals surface area contributed by atoms with E-state index >= 15 is 0 Å². The predicted molar refractivity (Wildman–Crippen MR) is 91.0 cm³/mol. The third-order valence-electron chi connectivity index (χ3n) is 3.33. The molecule has 0 fully saturated rings. The van der Waals surface area contributed by atoms with E-state index in [1.807, 2.05) is 18.2 Å². The summed E-state index contributed by atoms with van der Waals surface area (Å²) in [4.78, 5) is 1.45. The van der Waals surface area contributed by atoms with Gasteiger partial charge in [0.05, 0.1) is 7.11 Å². The second kappa shape index (κ2) is 6.67. The van der Waals surface area contributed by atoms with Crippen LogP contribution in [0.2, 0.25) is 0 Å². The molecule has 2 heteroatoms. The first-order chi connectivity index (χ1) is 9.63. The predicted octanol–water partition coefficient (Wildman–Crippen LogP) is 4.83. The van der Waals surface area contributed by atoms with Gasteiger partial charge in [-0.25, -0.2) is 10.0 Å². The van der Waals surface area contributed by atoms with Crippen LogP contribution < -0.4 is 4.74 Å². The van der Waals surface area contributed by atoms with E-state index in [2.05, 4.69) is 61.1 Å². The van der Waals surface area contributed by atoms with Crippen LogP contribution >= 0.6 is 10.0 Å². The van der Waals surface area contributed by atoms with E-state index in [9.17, 15) is 0 Å². The van der Waals surface area contributed by atoms with E-state index in [0.29, 0.717) is 0 Å². The minimum Gasteiger partial charge on any atom is -0.496 e. The highest BCUT2D eigenvalue weighted by atomic mass is 32.3. The number of methoxy groups -OCH3 is 1. The molecule has 0 atom stereocenters. The first-order valence-electron chi connectivity index (χ1n) is 6.69. The summed E-state index contributed by atoms with van der Waals surface area (Å²) < 4.78 is 5.37. The fourth-order valence-electron chi connectivity index (χ4n) is 2.10. The zero-order valence-electron chi connectivity index (χ0n) is 12.4. The third-order valence-corrected chi connectivity index (χ3v) is 5.90. The van der Waals surface area contributed by atoms with Crippen LogP contribution in [0.1, 0.15) is 5.56 Å². The Hall–Kier alpha value is -1.67. The quantitative estimate of drug-likeness (QED) is 0.765. The van der Waals surface area contributed by atoms with Gasteiger partial charge in [-0.1, -0.05) is 60.7 Å². The van der Waals surface area contributed by atoms with Crippen LogP contribution in [-0.2, 0) is 0 Å². The fraction of sp³-hybridized carbons (Fsp3) is 0.222. The summed E-state index contributed by atoms with van der Waals surface area (Å²) in [7, 11) is 0.936. The first-order valence-corrected chi connectivity index (χ1v) is 9.31. The SMILES string of the molecule is COc1ccccc1/C=C/CS(C)(C)c1ccccc1. The molecule has 0 aliphatic carbocycles. The zero-order valence-corrected chi connectivity index (χ0v) is 13.2. The van der Waals surface area contributed by atoms with Gasteiger partial charge in [-0.2, -0.15) is 0 Å². The van der Waals surface area contributed by atoms with Gasteiger partial charge >= 0.3 is 0 Å². The van der Waals surface area contributed by atoms with Gasteiger partial charge in [0.25, 0.3) is 0 Å². The van der Waals surface area contributed by atoms with E-state index in [1.54, 1.807) is 7.11 Å². The highest BCUT2D eigenvalue weighted by Crippen LogP contribution is 2.48. The molecule has 0 amide bonds. The Morgan fingerprint density at radius 2 is 1.60 bits per heavy atom. The number of ether oxygens (including phenoxy) is 1. The number of para-hydroxylation sites is 1. The van der Waals surface area contributed by atoms with E-state index in [1.165, 1.54) is 4.90 Å². The summed E-state index contributed by atoms with van der Waals surface area (Å²) in [5.74, 6) is 2.01. The lowest BCUT2D eigenvalue weighted by molar-refractivity contribution is 0.414. The van der Waals surface area contributed by atoms with Gasteiger partial charge in [-0.15, -0.1) is 0 Å². The molecule has 0 spiro atoms. The lowest BCUT2D eigenvalue weighted by atomic mass is 10.2. The van der Waals surface area contributed by atoms with Crippen molar-refractivity contribution in [2.45, 2.75) is 4.90 Å². The molecule has 2 rings (SSSR count). The van der Waals surface area contributed by atoms with Crippen LogP contribution in [-0.4, -0.2) is 25.4 Å². The van der Waals surface area contributed by atoms with Crippen LogP contribution in [0.25, 0.3) is 6.08 Å². The first kappa shape index (κ1) is 14.7. The van der Waals surface area contributed by atoms with Crippen molar-refractivity contribution in [3.05, 3.63) is 66.2 Å². The van der Waals surface area contributed by atoms with E-state index in [4.69, 9.17) is 4.74 Å². The molecule has 0 radical (unpaired) electrons. The summed E-state index contributed by atoms with van der Waals surface area (Å²) >= 11 is 0. The number of hydrogen-bond acceptors (Lipinski definition) is 1. The Bertz CT molecular complexity index is 573. The largest absolute Gasteiger partial charge is 0.496 e. The second-order valence-electron chi connectivity index (χ2n) is 5.16. The fourth-order valence-corrected chi connectivity index (χ4v) is 3.77. The van der Waals surface area contributed by atoms with E-state index in [0.717, 1.165) is 17.1 Å². The Kier molecular flexibility index (Phi) is 4.91. The minimum atomic E-state index is -0.778. The van der Waals surface area contributed by atoms with Crippen LogP contribution in [0.4, 0.5) is 0 Å². The number of benzene rings is 2. The van der Waals surface area contributed by atoms with Crippen molar-refractivity contribution >= 4 is 16.1 Å². The van der Waals surface area contributed by atoms with Crippen LogP contribution in [0.15, 0.2) is 65.6 Å². The Balaban J connectivity index is 2.10. The van der Waals surface area contributed by atoms with Crippen molar-refractivity contribution in [3.8, 4) is 5.75 Å². The van der Waals surface area contributed by atoms with Crippen LogP contribution in [0.3, 0.4) is 0 Å². The highest BCUT2D eigenvalue weighted by Gasteiger charge is 2.12. The Morgan fingerprint density at radius 1 is 0.950 bits per heavy atom. The van der Waals surface area contributed by atoms with Crippen molar-refractivity contribution in [2.24, 2.45) is 0 Å². The van der Waals surface area contributed by atoms with Crippen molar-refractivity contribution in [1.82, 2.24) is 0 Å². The summed E-state index contributed by atoms with van der Waals surface area (Å²) in [5, 5.41) is 0. The normalized spacial score (nSPS) is 12.6. The van der Waals surface area contributed by atoms with Gasteiger partial charge in [0.15, 0.2) is 0 Å². The summed E-state index contributed by atoms with van der Waals surface area (Å²) in [6.07, 6.45) is 9.14. The van der Waals surface area contributed by atoms with Crippen molar-refractivity contribution in [1.29, 1.82) is 0 Å². The van der Waals surface area contributed by atoms with E-state index in [-0.39, 0.29) is 0 Å². The molecule has 0 aliphatic heterocycles. The zero-order chi connectivity index (χ0) is 14.4. The number of hydrogen-bond donors (Lipinski definition) is 0. The monoisotopic (exact) mass is 286 g/mol. The molecule has 20 heavy (non-hydrogen) atoms. The number of rotatable bonds is 5. The van der Waals surface area contributed by atoms with Gasteiger partial charge in [-0.3, -0.25) is 0 Å². The maximum Gasteiger partial charge on any atom is 0.126 e. The molecule has 106 valence electrons. The average Bonchev–Trinajstić information content (AvgIpc) is 2.48.